The Balaban J connectivity index is 1.99. The third-order valence-corrected chi connectivity index (χ3v) is 5.68. The number of hydrogen-bond acceptors (Lipinski definition) is 2. The van der Waals surface area contributed by atoms with Crippen LogP contribution in [0.15, 0.2) is 41.6 Å². The van der Waals surface area contributed by atoms with Gasteiger partial charge in [0.05, 0.1) is 12.1 Å². The quantitative estimate of drug-likeness (QED) is 0.790. The van der Waals surface area contributed by atoms with Crippen molar-refractivity contribution in [3.8, 4) is 0 Å². The van der Waals surface area contributed by atoms with E-state index >= 15 is 0 Å². The number of hydrazine groups is 1. The van der Waals surface area contributed by atoms with Gasteiger partial charge in [-0.3, -0.25) is 0 Å². The first kappa shape index (κ1) is 16.2. The Morgan fingerprint density at radius 2 is 1.96 bits per heavy atom. The molecule has 0 bridgehead atoms. The summed E-state index contributed by atoms with van der Waals surface area (Å²) in [5.41, 5.74) is 3.92. The van der Waals surface area contributed by atoms with Gasteiger partial charge in [-0.2, -0.15) is 0 Å². The Labute approximate surface area is 137 Å². The van der Waals surface area contributed by atoms with Gasteiger partial charge in [-0.05, 0) is 49.8 Å². The van der Waals surface area contributed by atoms with Gasteiger partial charge in [0.2, 0.25) is 0 Å². The molecular formula is C19H24F2N2. The summed E-state index contributed by atoms with van der Waals surface area (Å²) in [5, 5.41) is 4.21. The minimum Gasteiger partial charge on any atom is -0.301 e. The lowest BCUT2D eigenvalue weighted by atomic mass is 9.68. The number of halogens is 2. The van der Waals surface area contributed by atoms with Crippen molar-refractivity contribution in [3.63, 3.8) is 0 Å². The van der Waals surface area contributed by atoms with Crippen molar-refractivity contribution in [1.29, 1.82) is 0 Å². The lowest BCUT2D eigenvalue weighted by Crippen LogP contribution is -2.61. The van der Waals surface area contributed by atoms with Crippen LogP contribution in [0.1, 0.15) is 45.1 Å². The van der Waals surface area contributed by atoms with E-state index in [2.05, 4.69) is 25.4 Å². The maximum atomic E-state index is 14.1. The van der Waals surface area contributed by atoms with E-state index in [0.29, 0.717) is 12.1 Å². The molecule has 0 atom stereocenters. The van der Waals surface area contributed by atoms with Crippen LogP contribution in [-0.4, -0.2) is 22.6 Å². The predicted molar refractivity (Wildman–Crippen MR) is 88.4 cm³/mol. The van der Waals surface area contributed by atoms with Gasteiger partial charge in [-0.25, -0.2) is 13.8 Å². The maximum absolute atomic E-state index is 14.1. The van der Waals surface area contributed by atoms with Crippen LogP contribution in [0.2, 0.25) is 0 Å². The second-order valence-corrected chi connectivity index (χ2v) is 6.58. The summed E-state index contributed by atoms with van der Waals surface area (Å²) in [4.78, 5) is 0. The van der Waals surface area contributed by atoms with Crippen LogP contribution in [-0.2, 0) is 6.54 Å². The average Bonchev–Trinajstić information content (AvgIpc) is 2.47. The molecule has 0 saturated heterocycles. The number of rotatable bonds is 3. The summed E-state index contributed by atoms with van der Waals surface area (Å²) in [5.74, 6) is -1.56. The molecule has 0 amide bonds. The summed E-state index contributed by atoms with van der Waals surface area (Å²) in [6, 6.07) is 4.35. The van der Waals surface area contributed by atoms with Gasteiger partial charge in [0.25, 0.3) is 0 Å². The summed E-state index contributed by atoms with van der Waals surface area (Å²) in [7, 11) is 2.04. The smallest absolute Gasteiger partial charge is 0.163 e. The van der Waals surface area contributed by atoms with Gasteiger partial charge >= 0.3 is 0 Å². The first-order valence-corrected chi connectivity index (χ1v) is 8.26. The molecule has 1 aliphatic carbocycles. The van der Waals surface area contributed by atoms with Crippen LogP contribution in [0, 0.1) is 11.6 Å². The van der Waals surface area contributed by atoms with Crippen LogP contribution in [0.4, 0.5) is 8.78 Å². The lowest BCUT2D eigenvalue weighted by Gasteiger charge is -2.58. The molecule has 3 rings (SSSR count). The molecular weight excluding hydrogens is 294 g/mol. The summed E-state index contributed by atoms with van der Waals surface area (Å²) >= 11 is 0. The van der Waals surface area contributed by atoms with Crippen LogP contribution in [0.25, 0.3) is 0 Å². The zero-order chi connectivity index (χ0) is 16.8. The molecule has 23 heavy (non-hydrogen) atoms. The molecule has 4 heteroatoms. The Hall–Kier alpha value is -1.68. The van der Waals surface area contributed by atoms with E-state index in [0.717, 1.165) is 31.0 Å². The van der Waals surface area contributed by atoms with Crippen molar-refractivity contribution < 1.29 is 8.78 Å². The number of hydrogen-bond donors (Lipinski definition) is 0. The van der Waals surface area contributed by atoms with Crippen LogP contribution >= 0.6 is 0 Å². The van der Waals surface area contributed by atoms with Crippen LogP contribution in [0.5, 0.6) is 0 Å². The fraction of sp³-hybridized carbons (Fsp3) is 0.474. The number of allylic oxidation sites excluding steroid dienone is 1. The molecule has 1 saturated carbocycles. The Morgan fingerprint density at radius 1 is 1.26 bits per heavy atom. The predicted octanol–water partition coefficient (Wildman–Crippen LogP) is 4.79. The lowest BCUT2D eigenvalue weighted by molar-refractivity contribution is -0.0971. The molecule has 2 aliphatic rings. The van der Waals surface area contributed by atoms with E-state index in [1.807, 2.05) is 12.1 Å². The van der Waals surface area contributed by atoms with Crippen molar-refractivity contribution in [3.05, 3.63) is 58.8 Å². The molecule has 0 radical (unpaired) electrons. The van der Waals surface area contributed by atoms with E-state index in [4.69, 9.17) is 0 Å². The van der Waals surface area contributed by atoms with Crippen molar-refractivity contribution in [2.45, 2.75) is 51.6 Å². The molecule has 0 N–H and O–H groups in total. The summed E-state index contributed by atoms with van der Waals surface area (Å²) in [6.07, 6.45) is 4.32. The van der Waals surface area contributed by atoms with Crippen molar-refractivity contribution >= 4 is 0 Å². The second kappa shape index (κ2) is 5.75. The topological polar surface area (TPSA) is 6.48 Å². The third-order valence-electron chi connectivity index (χ3n) is 5.68. The molecule has 1 fully saturated rings. The first-order valence-electron chi connectivity index (χ1n) is 8.26. The number of nitrogens with zero attached hydrogens (tertiary/aromatic N) is 2. The zero-order valence-electron chi connectivity index (χ0n) is 14.1. The average molecular weight is 318 g/mol. The summed E-state index contributed by atoms with van der Waals surface area (Å²) < 4.78 is 27.6. The van der Waals surface area contributed by atoms with E-state index in [1.54, 1.807) is 12.1 Å². The van der Waals surface area contributed by atoms with Crippen LogP contribution < -0.4 is 0 Å². The molecule has 1 spiro atoms. The fourth-order valence-electron chi connectivity index (χ4n) is 4.02. The van der Waals surface area contributed by atoms with Crippen LogP contribution in [0.3, 0.4) is 0 Å². The molecule has 1 aromatic rings. The van der Waals surface area contributed by atoms with Gasteiger partial charge in [0.15, 0.2) is 11.6 Å². The second-order valence-electron chi connectivity index (χ2n) is 6.58. The standard InChI is InChI=1S/C19H24F2N2/c1-5-16-13(2)19(10-7-11-19)22(4)23(14(16)3)12-15-8-6-9-17(20)18(15)21/h6,8-9H,3,5,7,10-12H2,1-2,4H3. The molecule has 0 unspecified atom stereocenters. The van der Waals surface area contributed by atoms with E-state index in [1.165, 1.54) is 17.6 Å². The highest BCUT2D eigenvalue weighted by atomic mass is 19.2. The molecule has 124 valence electrons. The Morgan fingerprint density at radius 3 is 2.52 bits per heavy atom. The fourth-order valence-corrected chi connectivity index (χ4v) is 4.02. The van der Waals surface area contributed by atoms with E-state index in [-0.39, 0.29) is 5.54 Å². The van der Waals surface area contributed by atoms with Crippen molar-refractivity contribution in [1.82, 2.24) is 10.0 Å². The molecule has 0 aromatic heterocycles. The first-order chi connectivity index (χ1) is 10.9. The molecule has 1 heterocycles. The molecule has 1 aliphatic heterocycles. The monoisotopic (exact) mass is 318 g/mol. The Bertz CT molecular complexity index is 674. The SMILES string of the molecule is C=C1C(CC)=C(C)C2(CCC2)N(C)N1Cc1cccc(F)c1F. The van der Waals surface area contributed by atoms with Crippen molar-refractivity contribution in [2.75, 3.05) is 7.05 Å². The molecule has 1 aromatic carbocycles. The Kier molecular flexibility index (Phi) is 4.05. The normalized spacial score (nSPS) is 21.1. The van der Waals surface area contributed by atoms with Gasteiger partial charge in [-0.15, -0.1) is 0 Å². The minimum absolute atomic E-state index is 0.0241. The zero-order valence-corrected chi connectivity index (χ0v) is 14.1. The summed E-state index contributed by atoms with van der Waals surface area (Å²) in [6.45, 7) is 8.86. The van der Waals surface area contributed by atoms with Gasteiger partial charge in [0.1, 0.15) is 0 Å². The largest absolute Gasteiger partial charge is 0.301 e. The molecule has 2 nitrogen and oxygen atoms in total. The van der Waals surface area contributed by atoms with E-state index < -0.39 is 11.6 Å². The van der Waals surface area contributed by atoms with Gasteiger partial charge in [-0.1, -0.05) is 25.6 Å². The highest BCUT2D eigenvalue weighted by molar-refractivity contribution is 5.42. The van der Waals surface area contributed by atoms with Gasteiger partial charge in [0, 0.05) is 18.3 Å². The van der Waals surface area contributed by atoms with Crippen molar-refractivity contribution in [2.24, 2.45) is 0 Å². The number of benzene rings is 1. The third kappa shape index (κ3) is 2.31. The minimum atomic E-state index is -0.798. The van der Waals surface area contributed by atoms with Gasteiger partial charge < -0.3 is 5.01 Å². The van der Waals surface area contributed by atoms with E-state index in [9.17, 15) is 8.78 Å². The highest BCUT2D eigenvalue weighted by Gasteiger charge is 2.48. The maximum Gasteiger partial charge on any atom is 0.163 e. The number of likely N-dealkylation sites (N-methyl/N-ethyl adjacent to an activating group) is 1. The highest BCUT2D eigenvalue weighted by Crippen LogP contribution is 2.50.